The number of alkyl carbamates (subject to hydrolysis) is 1. The quantitative estimate of drug-likeness (QED) is 0.515. The zero-order chi connectivity index (χ0) is 22.8. The van der Waals surface area contributed by atoms with Gasteiger partial charge in [0.15, 0.2) is 0 Å². The third kappa shape index (κ3) is 12.0. The topological polar surface area (TPSA) is 118 Å². The Labute approximate surface area is 176 Å². The van der Waals surface area contributed by atoms with E-state index in [1.807, 2.05) is 13.8 Å². The monoisotopic (exact) mass is 431 g/mol. The second kappa shape index (κ2) is 12.3. The molecule has 3 amide bonds. The van der Waals surface area contributed by atoms with Gasteiger partial charge in [-0.1, -0.05) is 25.6 Å². The molecule has 0 aliphatic heterocycles. The molecule has 1 rings (SSSR count). The highest BCUT2D eigenvalue weighted by molar-refractivity contribution is 7.99. The van der Waals surface area contributed by atoms with Crippen LogP contribution in [0.1, 0.15) is 46.6 Å². The summed E-state index contributed by atoms with van der Waals surface area (Å²) in [6.07, 6.45) is 0.205. The lowest BCUT2D eigenvalue weighted by atomic mass is 10.1. The van der Waals surface area contributed by atoms with Crippen molar-refractivity contribution in [2.75, 3.05) is 33.9 Å². The van der Waals surface area contributed by atoms with Crippen molar-refractivity contribution in [3.63, 3.8) is 0 Å². The fraction of sp³-hybridized carbons (Fsp3) is 0.722. The van der Waals surface area contributed by atoms with Gasteiger partial charge in [-0.3, -0.25) is 9.59 Å². The van der Waals surface area contributed by atoms with E-state index in [-0.39, 0.29) is 28.7 Å². The molecule has 0 spiro atoms. The Hall–Kier alpha value is -2.30. The summed E-state index contributed by atoms with van der Waals surface area (Å²) in [5, 5.41) is 10.9. The minimum Gasteiger partial charge on any atom is -0.444 e. The Morgan fingerprint density at radius 1 is 1.21 bits per heavy atom. The van der Waals surface area contributed by atoms with Crippen LogP contribution in [0.3, 0.4) is 0 Å². The van der Waals surface area contributed by atoms with Gasteiger partial charge < -0.3 is 24.3 Å². The summed E-state index contributed by atoms with van der Waals surface area (Å²) in [4.78, 5) is 35.9. The molecule has 29 heavy (non-hydrogen) atoms. The summed E-state index contributed by atoms with van der Waals surface area (Å²) in [6, 6.07) is -0.466. The van der Waals surface area contributed by atoms with Crippen molar-refractivity contribution in [1.29, 1.82) is 0 Å². The minimum atomic E-state index is -0.589. The number of hydrogen-bond donors (Lipinski definition) is 1. The summed E-state index contributed by atoms with van der Waals surface area (Å²) in [5.74, 6) is 0.474. The maximum atomic E-state index is 12.0. The van der Waals surface area contributed by atoms with Gasteiger partial charge in [0.05, 0.1) is 5.75 Å². The number of carbonyl (C=O) groups is 3. The van der Waals surface area contributed by atoms with E-state index in [9.17, 15) is 14.4 Å². The number of aromatic nitrogens is 2. The number of nitrogens with one attached hydrogen (secondary N) is 1. The molecule has 1 heterocycles. The van der Waals surface area contributed by atoms with Crippen molar-refractivity contribution in [1.82, 2.24) is 25.3 Å². The Morgan fingerprint density at radius 2 is 1.76 bits per heavy atom. The molecular weight excluding hydrogens is 398 g/mol. The second-order valence-electron chi connectivity index (χ2n) is 7.92. The smallest absolute Gasteiger partial charge is 0.408 e. The van der Waals surface area contributed by atoms with E-state index in [0.717, 1.165) is 18.2 Å². The number of amides is 3. The highest BCUT2D eigenvalue weighted by atomic mass is 32.2. The third-order valence-corrected chi connectivity index (χ3v) is 3.86. The molecule has 0 fully saturated rings. The van der Waals surface area contributed by atoms with Gasteiger partial charge in [0.2, 0.25) is 18.2 Å². The maximum Gasteiger partial charge on any atom is 0.408 e. The van der Waals surface area contributed by atoms with E-state index < -0.39 is 17.7 Å². The zero-order valence-electron chi connectivity index (χ0n) is 18.7. The Kier molecular flexibility index (Phi) is 11.3. The molecule has 1 unspecified atom stereocenters. The first-order valence-corrected chi connectivity index (χ1v) is 10.0. The normalized spacial score (nSPS) is 11.8. The molecule has 1 atom stereocenters. The van der Waals surface area contributed by atoms with Gasteiger partial charge in [0, 0.05) is 28.2 Å². The first kappa shape index (κ1) is 26.7. The number of nitrogens with zero attached hydrogens (tertiary/aromatic N) is 4. The number of rotatable bonds is 7. The first-order chi connectivity index (χ1) is 13.3. The van der Waals surface area contributed by atoms with Crippen LogP contribution < -0.4 is 5.32 Å². The molecule has 1 N–H and O–H groups in total. The van der Waals surface area contributed by atoms with Crippen molar-refractivity contribution in [2.45, 2.75) is 51.5 Å². The third-order valence-electron chi connectivity index (χ3n) is 3.06. The zero-order valence-corrected chi connectivity index (χ0v) is 19.5. The summed E-state index contributed by atoms with van der Waals surface area (Å²) in [7, 11) is 6.74. The van der Waals surface area contributed by atoms with Crippen molar-refractivity contribution in [2.24, 2.45) is 5.92 Å². The number of thioether (sulfide) groups is 1. The van der Waals surface area contributed by atoms with Crippen LogP contribution in [0.2, 0.25) is 0 Å². The molecular formula is C18H33N5O5S. The van der Waals surface area contributed by atoms with Crippen LogP contribution >= 0.6 is 11.8 Å². The summed E-state index contributed by atoms with van der Waals surface area (Å²) < 4.78 is 10.8. The lowest BCUT2D eigenvalue weighted by molar-refractivity contribution is -0.125. The van der Waals surface area contributed by atoms with Gasteiger partial charge in [0.1, 0.15) is 11.6 Å². The molecule has 10 nitrogen and oxygen atoms in total. The Morgan fingerprint density at radius 3 is 2.17 bits per heavy atom. The second-order valence-corrected chi connectivity index (χ2v) is 8.85. The molecule has 0 aromatic carbocycles. The standard InChI is InChI=1S/C15H26N4O4S.C3H7NO/c1-9(2)11(16-13(21)23-15(3,4)5)12-17-18-14(22-12)24-8-10(20)19(6)7;1-4(2)3-5/h9,11H,8H2,1-7H3,(H,16,21);3H,1-2H3. The minimum absolute atomic E-state index is 0.0271. The molecule has 0 saturated heterocycles. The van der Waals surface area contributed by atoms with Crippen LogP contribution in [0.4, 0.5) is 4.79 Å². The molecule has 166 valence electrons. The molecule has 1 aromatic rings. The van der Waals surface area contributed by atoms with Gasteiger partial charge in [-0.15, -0.1) is 10.2 Å². The van der Waals surface area contributed by atoms with Gasteiger partial charge in [-0.05, 0) is 26.7 Å². The lowest BCUT2D eigenvalue weighted by Gasteiger charge is -2.23. The molecule has 0 radical (unpaired) electrons. The van der Waals surface area contributed by atoms with Gasteiger partial charge in [-0.25, -0.2) is 4.79 Å². The average Bonchev–Trinajstić information content (AvgIpc) is 3.04. The fourth-order valence-electron chi connectivity index (χ4n) is 1.61. The van der Waals surface area contributed by atoms with Crippen molar-refractivity contribution in [3.8, 4) is 0 Å². The Bertz CT molecular complexity index is 655. The van der Waals surface area contributed by atoms with E-state index in [0.29, 0.717) is 0 Å². The average molecular weight is 432 g/mol. The number of hydrogen-bond acceptors (Lipinski definition) is 8. The van der Waals surface area contributed by atoms with Crippen LogP contribution in [-0.4, -0.2) is 78.0 Å². The molecule has 0 bridgehead atoms. The van der Waals surface area contributed by atoms with Crippen molar-refractivity contribution >= 4 is 30.2 Å². The summed E-state index contributed by atoms with van der Waals surface area (Å²) in [5.41, 5.74) is -0.589. The number of ether oxygens (including phenoxy) is 1. The SMILES string of the molecule is CC(C)C(NC(=O)OC(C)(C)C)c1nnc(SCC(=O)N(C)C)o1.CN(C)C=O. The molecule has 0 aliphatic rings. The molecule has 11 heteroatoms. The van der Waals surface area contributed by atoms with Crippen LogP contribution in [0, 0.1) is 5.92 Å². The highest BCUT2D eigenvalue weighted by Gasteiger charge is 2.27. The predicted molar refractivity (Wildman–Crippen MR) is 110 cm³/mol. The van der Waals surface area contributed by atoms with E-state index in [4.69, 9.17) is 9.15 Å². The lowest BCUT2D eigenvalue weighted by Crippen LogP contribution is -2.37. The maximum absolute atomic E-state index is 12.0. The van der Waals surface area contributed by atoms with Gasteiger partial charge in [0.25, 0.3) is 5.22 Å². The van der Waals surface area contributed by atoms with Crippen LogP contribution in [-0.2, 0) is 14.3 Å². The fourth-order valence-corrected chi connectivity index (χ4v) is 2.35. The first-order valence-electron chi connectivity index (χ1n) is 9.04. The van der Waals surface area contributed by atoms with E-state index in [2.05, 4.69) is 15.5 Å². The van der Waals surface area contributed by atoms with Crippen LogP contribution in [0.15, 0.2) is 9.64 Å². The largest absolute Gasteiger partial charge is 0.444 e. The van der Waals surface area contributed by atoms with Gasteiger partial charge in [-0.2, -0.15) is 0 Å². The van der Waals surface area contributed by atoms with Crippen molar-refractivity contribution in [3.05, 3.63) is 5.89 Å². The highest BCUT2D eigenvalue weighted by Crippen LogP contribution is 2.25. The van der Waals surface area contributed by atoms with Crippen LogP contribution in [0.5, 0.6) is 0 Å². The van der Waals surface area contributed by atoms with E-state index >= 15 is 0 Å². The molecule has 1 aromatic heterocycles. The molecule has 0 saturated carbocycles. The summed E-state index contributed by atoms with van der Waals surface area (Å²) in [6.45, 7) is 9.23. The molecule has 0 aliphatic carbocycles. The van der Waals surface area contributed by atoms with E-state index in [1.54, 1.807) is 49.0 Å². The summed E-state index contributed by atoms with van der Waals surface area (Å²) >= 11 is 1.16. The van der Waals surface area contributed by atoms with Gasteiger partial charge >= 0.3 is 6.09 Å². The number of carbonyl (C=O) groups excluding carboxylic acids is 3. The van der Waals surface area contributed by atoms with Crippen LogP contribution in [0.25, 0.3) is 0 Å². The van der Waals surface area contributed by atoms with Crippen molar-refractivity contribution < 1.29 is 23.5 Å². The Balaban J connectivity index is 0.00000139. The van der Waals surface area contributed by atoms with E-state index in [1.165, 1.54) is 9.80 Å². The predicted octanol–water partition coefficient (Wildman–Crippen LogP) is 2.18.